The standard InChI is InChI=1S/C17H29N3/c1-4-20-12-10-16(11-13-20)19(3)17(14-18-2)15-8-6-5-7-9-15/h5-9,16-18H,4,10-14H2,1-3H3. The lowest BCUT2D eigenvalue weighted by molar-refractivity contribution is 0.0981. The van der Waals surface area contributed by atoms with E-state index in [1.807, 2.05) is 7.05 Å². The van der Waals surface area contributed by atoms with Gasteiger partial charge in [0.1, 0.15) is 0 Å². The van der Waals surface area contributed by atoms with E-state index in [1.54, 1.807) is 0 Å². The minimum atomic E-state index is 0.472. The van der Waals surface area contributed by atoms with Crippen molar-refractivity contribution in [3.63, 3.8) is 0 Å². The Morgan fingerprint density at radius 3 is 2.45 bits per heavy atom. The van der Waals surface area contributed by atoms with E-state index in [0.717, 1.165) is 6.54 Å². The van der Waals surface area contributed by atoms with Crippen LogP contribution in [-0.4, -0.2) is 56.1 Å². The zero-order chi connectivity index (χ0) is 14.4. The summed E-state index contributed by atoms with van der Waals surface area (Å²) >= 11 is 0. The summed E-state index contributed by atoms with van der Waals surface area (Å²) in [6, 6.07) is 12.1. The molecule has 1 aromatic rings. The fourth-order valence-corrected chi connectivity index (χ4v) is 3.26. The van der Waals surface area contributed by atoms with Crippen molar-refractivity contribution < 1.29 is 0 Å². The van der Waals surface area contributed by atoms with Crippen LogP contribution in [0, 0.1) is 0 Å². The van der Waals surface area contributed by atoms with E-state index < -0.39 is 0 Å². The van der Waals surface area contributed by atoms with E-state index in [4.69, 9.17) is 0 Å². The van der Waals surface area contributed by atoms with Crippen LogP contribution in [-0.2, 0) is 0 Å². The molecule has 1 atom stereocenters. The van der Waals surface area contributed by atoms with Gasteiger partial charge in [0.05, 0.1) is 0 Å². The molecule has 0 saturated carbocycles. The normalized spacial score (nSPS) is 19.4. The second kappa shape index (κ2) is 7.77. The van der Waals surface area contributed by atoms with E-state index in [-0.39, 0.29) is 0 Å². The van der Waals surface area contributed by atoms with Crippen LogP contribution in [0.2, 0.25) is 0 Å². The van der Waals surface area contributed by atoms with Crippen molar-refractivity contribution in [1.29, 1.82) is 0 Å². The van der Waals surface area contributed by atoms with Crippen LogP contribution in [0.25, 0.3) is 0 Å². The highest BCUT2D eigenvalue weighted by Crippen LogP contribution is 2.25. The lowest BCUT2D eigenvalue weighted by Gasteiger charge is -2.40. The Balaban J connectivity index is 2.02. The Labute approximate surface area is 124 Å². The number of benzene rings is 1. The first-order valence-electron chi connectivity index (χ1n) is 7.90. The SMILES string of the molecule is CCN1CCC(N(C)C(CNC)c2ccccc2)CC1. The molecular formula is C17H29N3. The van der Waals surface area contributed by atoms with Gasteiger partial charge in [-0.2, -0.15) is 0 Å². The van der Waals surface area contributed by atoms with E-state index in [9.17, 15) is 0 Å². The first kappa shape index (κ1) is 15.5. The van der Waals surface area contributed by atoms with Crippen LogP contribution < -0.4 is 5.32 Å². The molecule has 0 aliphatic carbocycles. The third-order valence-electron chi connectivity index (χ3n) is 4.65. The van der Waals surface area contributed by atoms with E-state index in [1.165, 1.54) is 38.0 Å². The topological polar surface area (TPSA) is 18.5 Å². The summed E-state index contributed by atoms with van der Waals surface area (Å²) in [6.07, 6.45) is 2.58. The van der Waals surface area contributed by atoms with Crippen molar-refractivity contribution in [3.05, 3.63) is 35.9 Å². The Morgan fingerprint density at radius 1 is 1.25 bits per heavy atom. The quantitative estimate of drug-likeness (QED) is 0.860. The lowest BCUT2D eigenvalue weighted by Crippen LogP contribution is -2.46. The van der Waals surface area contributed by atoms with Crippen LogP contribution >= 0.6 is 0 Å². The van der Waals surface area contributed by atoms with Gasteiger partial charge in [-0.1, -0.05) is 37.3 Å². The summed E-state index contributed by atoms with van der Waals surface area (Å²) in [5, 5.41) is 3.35. The van der Waals surface area contributed by atoms with Crippen molar-refractivity contribution in [2.75, 3.05) is 40.3 Å². The molecule has 3 heteroatoms. The highest BCUT2D eigenvalue weighted by molar-refractivity contribution is 5.19. The predicted octanol–water partition coefficient (Wildman–Crippen LogP) is 2.36. The summed E-state index contributed by atoms with van der Waals surface area (Å²) < 4.78 is 0. The van der Waals surface area contributed by atoms with Gasteiger partial charge in [0, 0.05) is 18.6 Å². The van der Waals surface area contributed by atoms with Crippen LogP contribution in [0.5, 0.6) is 0 Å². The molecule has 1 heterocycles. The highest BCUT2D eigenvalue weighted by Gasteiger charge is 2.26. The van der Waals surface area contributed by atoms with Crippen LogP contribution in [0.1, 0.15) is 31.4 Å². The molecule has 20 heavy (non-hydrogen) atoms. The molecule has 1 unspecified atom stereocenters. The third kappa shape index (κ3) is 3.81. The number of nitrogens with one attached hydrogen (secondary N) is 1. The van der Waals surface area contributed by atoms with E-state index in [2.05, 4.69) is 59.4 Å². The van der Waals surface area contributed by atoms with Crippen molar-refractivity contribution in [1.82, 2.24) is 15.1 Å². The van der Waals surface area contributed by atoms with Crippen LogP contribution in [0.15, 0.2) is 30.3 Å². The highest BCUT2D eigenvalue weighted by atomic mass is 15.2. The Bertz CT molecular complexity index is 371. The first-order chi connectivity index (χ1) is 9.76. The maximum absolute atomic E-state index is 3.35. The number of rotatable bonds is 6. The molecule has 0 aromatic heterocycles. The summed E-state index contributed by atoms with van der Waals surface area (Å²) in [6.45, 7) is 6.94. The van der Waals surface area contributed by atoms with Crippen LogP contribution in [0.3, 0.4) is 0 Å². The van der Waals surface area contributed by atoms with Gasteiger partial charge in [-0.25, -0.2) is 0 Å². The first-order valence-corrected chi connectivity index (χ1v) is 7.90. The molecule has 1 aliphatic rings. The molecule has 1 aliphatic heterocycles. The summed E-state index contributed by atoms with van der Waals surface area (Å²) in [5.74, 6) is 0. The maximum Gasteiger partial charge on any atom is 0.0472 e. The molecule has 1 fully saturated rings. The van der Waals surface area contributed by atoms with E-state index >= 15 is 0 Å². The molecule has 1 N–H and O–H groups in total. The number of hydrogen-bond acceptors (Lipinski definition) is 3. The molecular weight excluding hydrogens is 246 g/mol. The number of nitrogens with zero attached hydrogens (tertiary/aromatic N) is 2. The maximum atomic E-state index is 3.35. The Morgan fingerprint density at radius 2 is 1.90 bits per heavy atom. The van der Waals surface area contributed by atoms with Gasteiger partial charge in [0.15, 0.2) is 0 Å². The molecule has 0 radical (unpaired) electrons. The predicted molar refractivity (Wildman–Crippen MR) is 86.0 cm³/mol. The minimum Gasteiger partial charge on any atom is -0.318 e. The van der Waals surface area contributed by atoms with Gasteiger partial charge in [0.25, 0.3) is 0 Å². The fraction of sp³-hybridized carbons (Fsp3) is 0.647. The van der Waals surface area contributed by atoms with Gasteiger partial charge in [-0.15, -0.1) is 0 Å². The molecule has 1 aromatic carbocycles. The van der Waals surface area contributed by atoms with Gasteiger partial charge < -0.3 is 10.2 Å². The monoisotopic (exact) mass is 275 g/mol. The van der Waals surface area contributed by atoms with Crippen molar-refractivity contribution in [2.24, 2.45) is 0 Å². The van der Waals surface area contributed by atoms with Crippen molar-refractivity contribution >= 4 is 0 Å². The summed E-state index contributed by atoms with van der Waals surface area (Å²) in [4.78, 5) is 5.14. The number of piperidine rings is 1. The minimum absolute atomic E-state index is 0.472. The molecule has 112 valence electrons. The average Bonchev–Trinajstić information content (AvgIpc) is 2.53. The lowest BCUT2D eigenvalue weighted by atomic mass is 9.98. The van der Waals surface area contributed by atoms with Gasteiger partial charge in [-0.3, -0.25) is 4.90 Å². The molecule has 3 nitrogen and oxygen atoms in total. The molecule has 0 bridgehead atoms. The largest absolute Gasteiger partial charge is 0.318 e. The Kier molecular flexibility index (Phi) is 6.02. The molecule has 0 amide bonds. The third-order valence-corrected chi connectivity index (χ3v) is 4.65. The number of likely N-dealkylation sites (tertiary alicyclic amines) is 1. The van der Waals surface area contributed by atoms with Crippen molar-refractivity contribution in [2.45, 2.75) is 31.8 Å². The van der Waals surface area contributed by atoms with Crippen molar-refractivity contribution in [3.8, 4) is 0 Å². The Hall–Kier alpha value is -0.900. The number of hydrogen-bond donors (Lipinski definition) is 1. The fourth-order valence-electron chi connectivity index (χ4n) is 3.26. The second-order valence-corrected chi connectivity index (χ2v) is 5.82. The van der Waals surface area contributed by atoms with Gasteiger partial charge in [-0.05, 0) is 52.1 Å². The summed E-state index contributed by atoms with van der Waals surface area (Å²) in [7, 11) is 4.34. The van der Waals surface area contributed by atoms with Gasteiger partial charge in [0.2, 0.25) is 0 Å². The smallest absolute Gasteiger partial charge is 0.0472 e. The second-order valence-electron chi connectivity index (χ2n) is 5.82. The van der Waals surface area contributed by atoms with E-state index in [0.29, 0.717) is 12.1 Å². The zero-order valence-electron chi connectivity index (χ0n) is 13.2. The molecule has 0 spiro atoms. The zero-order valence-corrected chi connectivity index (χ0v) is 13.2. The number of likely N-dealkylation sites (N-methyl/N-ethyl adjacent to an activating group) is 2. The average molecular weight is 275 g/mol. The summed E-state index contributed by atoms with van der Waals surface area (Å²) in [5.41, 5.74) is 1.42. The molecule has 1 saturated heterocycles. The van der Waals surface area contributed by atoms with Crippen LogP contribution in [0.4, 0.5) is 0 Å². The molecule has 2 rings (SSSR count). The van der Waals surface area contributed by atoms with Gasteiger partial charge >= 0.3 is 0 Å².